The number of benzene rings is 1. The molecule has 0 radical (unpaired) electrons. The van der Waals surface area contributed by atoms with E-state index >= 15 is 0 Å². The first-order valence-electron chi connectivity index (χ1n) is 6.28. The van der Waals surface area contributed by atoms with Gasteiger partial charge in [0.05, 0.1) is 11.5 Å². The fraction of sp³-hybridized carbons (Fsp3) is 0.429. The Bertz CT molecular complexity index is 503. The number of sulfone groups is 1. The average molecular weight is 266 g/mol. The SMILES string of the molecule is O=S(=O)(C/C1=C/CCCCCO1)c1ccccc1. The van der Waals surface area contributed by atoms with Crippen LogP contribution in [0.3, 0.4) is 0 Å². The monoisotopic (exact) mass is 266 g/mol. The van der Waals surface area contributed by atoms with Crippen LogP contribution in [0.4, 0.5) is 0 Å². The maximum absolute atomic E-state index is 12.2. The summed E-state index contributed by atoms with van der Waals surface area (Å²) >= 11 is 0. The minimum absolute atomic E-state index is 0.0307. The summed E-state index contributed by atoms with van der Waals surface area (Å²) in [6, 6.07) is 8.53. The van der Waals surface area contributed by atoms with Crippen LogP contribution >= 0.6 is 0 Å². The van der Waals surface area contributed by atoms with Crippen molar-refractivity contribution < 1.29 is 13.2 Å². The third-order valence-corrected chi connectivity index (χ3v) is 4.60. The van der Waals surface area contributed by atoms with E-state index in [2.05, 4.69) is 0 Å². The molecule has 0 aliphatic carbocycles. The number of ether oxygens (including phenoxy) is 1. The number of hydrogen-bond donors (Lipinski definition) is 0. The van der Waals surface area contributed by atoms with Gasteiger partial charge in [-0.25, -0.2) is 8.42 Å². The first kappa shape index (κ1) is 13.1. The summed E-state index contributed by atoms with van der Waals surface area (Å²) in [5, 5.41) is 0. The molecular weight excluding hydrogens is 248 g/mol. The standard InChI is InChI=1S/C14H18O3S/c15-18(16,14-9-5-3-6-10-14)12-13-8-4-1-2-7-11-17-13/h3,5-6,8-10H,1-2,4,7,11-12H2/b13-8-. The Balaban J connectivity index is 2.12. The quantitative estimate of drug-likeness (QED) is 0.845. The molecule has 4 heteroatoms. The molecule has 0 atom stereocenters. The lowest BCUT2D eigenvalue weighted by Gasteiger charge is -2.13. The van der Waals surface area contributed by atoms with Gasteiger partial charge >= 0.3 is 0 Å². The summed E-state index contributed by atoms with van der Waals surface area (Å²) in [7, 11) is -3.28. The highest BCUT2D eigenvalue weighted by Crippen LogP contribution is 2.17. The fourth-order valence-electron chi connectivity index (χ4n) is 1.95. The molecule has 1 aromatic carbocycles. The second-order valence-corrected chi connectivity index (χ2v) is 6.43. The molecule has 1 aliphatic rings. The Morgan fingerprint density at radius 2 is 1.83 bits per heavy atom. The minimum atomic E-state index is -3.28. The van der Waals surface area contributed by atoms with Gasteiger partial charge in [-0.3, -0.25) is 0 Å². The van der Waals surface area contributed by atoms with Crippen LogP contribution in [-0.2, 0) is 14.6 Å². The van der Waals surface area contributed by atoms with Crippen molar-refractivity contribution in [1.29, 1.82) is 0 Å². The first-order valence-corrected chi connectivity index (χ1v) is 7.93. The average Bonchev–Trinajstić information content (AvgIpc) is 2.34. The Labute approximate surface area is 108 Å². The van der Waals surface area contributed by atoms with Crippen molar-refractivity contribution in [3.8, 4) is 0 Å². The summed E-state index contributed by atoms with van der Waals surface area (Å²) < 4.78 is 29.9. The molecule has 0 saturated heterocycles. The van der Waals surface area contributed by atoms with Gasteiger partial charge in [0.25, 0.3) is 0 Å². The van der Waals surface area contributed by atoms with Gasteiger partial charge < -0.3 is 4.74 Å². The molecule has 1 aromatic rings. The normalized spacial score (nSPS) is 20.1. The van der Waals surface area contributed by atoms with Gasteiger partial charge in [-0.05, 0) is 43.9 Å². The van der Waals surface area contributed by atoms with Crippen LogP contribution in [0, 0.1) is 0 Å². The summed E-state index contributed by atoms with van der Waals surface area (Å²) in [4.78, 5) is 0.358. The first-order chi connectivity index (χ1) is 8.68. The molecule has 2 rings (SSSR count). The van der Waals surface area contributed by atoms with E-state index in [4.69, 9.17) is 4.74 Å². The lowest BCUT2D eigenvalue weighted by molar-refractivity contribution is 0.202. The van der Waals surface area contributed by atoms with Crippen molar-refractivity contribution in [2.75, 3.05) is 12.4 Å². The molecule has 1 aliphatic heterocycles. The van der Waals surface area contributed by atoms with Crippen LogP contribution in [0.25, 0.3) is 0 Å². The largest absolute Gasteiger partial charge is 0.497 e. The minimum Gasteiger partial charge on any atom is -0.497 e. The van der Waals surface area contributed by atoms with Crippen LogP contribution in [0.2, 0.25) is 0 Å². The van der Waals surface area contributed by atoms with Gasteiger partial charge in [-0.1, -0.05) is 18.2 Å². The van der Waals surface area contributed by atoms with Crippen LogP contribution in [0.5, 0.6) is 0 Å². The van der Waals surface area contributed by atoms with Crippen LogP contribution < -0.4 is 0 Å². The Kier molecular flexibility index (Phi) is 4.42. The molecule has 0 unspecified atom stereocenters. The Morgan fingerprint density at radius 1 is 1.06 bits per heavy atom. The predicted octanol–water partition coefficient (Wildman–Crippen LogP) is 2.93. The van der Waals surface area contributed by atoms with Crippen molar-refractivity contribution >= 4 is 9.84 Å². The van der Waals surface area contributed by atoms with Gasteiger partial charge in [-0.15, -0.1) is 0 Å². The zero-order valence-corrected chi connectivity index (χ0v) is 11.2. The number of hydrogen-bond acceptors (Lipinski definition) is 3. The Morgan fingerprint density at radius 3 is 2.61 bits per heavy atom. The molecule has 0 bridgehead atoms. The molecule has 0 spiro atoms. The van der Waals surface area contributed by atoms with Gasteiger partial charge in [0.15, 0.2) is 9.84 Å². The van der Waals surface area contributed by atoms with E-state index in [-0.39, 0.29) is 5.75 Å². The number of rotatable bonds is 3. The van der Waals surface area contributed by atoms with Crippen molar-refractivity contribution in [2.45, 2.75) is 30.6 Å². The van der Waals surface area contributed by atoms with E-state index in [9.17, 15) is 8.42 Å². The molecule has 0 amide bonds. The topological polar surface area (TPSA) is 43.4 Å². The number of allylic oxidation sites excluding steroid dienone is 1. The zero-order valence-electron chi connectivity index (χ0n) is 10.3. The lowest BCUT2D eigenvalue weighted by atomic mass is 10.1. The van der Waals surface area contributed by atoms with Crippen molar-refractivity contribution in [2.24, 2.45) is 0 Å². The van der Waals surface area contributed by atoms with Gasteiger partial charge in [0.2, 0.25) is 0 Å². The highest BCUT2D eigenvalue weighted by Gasteiger charge is 2.17. The second kappa shape index (κ2) is 6.05. The predicted molar refractivity (Wildman–Crippen MR) is 71.0 cm³/mol. The third kappa shape index (κ3) is 3.60. The molecule has 0 N–H and O–H groups in total. The highest BCUT2D eigenvalue weighted by atomic mass is 32.2. The van der Waals surface area contributed by atoms with Crippen molar-refractivity contribution in [3.63, 3.8) is 0 Å². The third-order valence-electron chi connectivity index (χ3n) is 2.94. The molecule has 1 heterocycles. The highest BCUT2D eigenvalue weighted by molar-refractivity contribution is 7.91. The second-order valence-electron chi connectivity index (χ2n) is 4.44. The molecule has 0 aromatic heterocycles. The lowest BCUT2D eigenvalue weighted by Crippen LogP contribution is -2.12. The summed E-state index contributed by atoms with van der Waals surface area (Å²) in [5.41, 5.74) is 0. The summed E-state index contributed by atoms with van der Waals surface area (Å²) in [6.07, 6.45) is 6.08. The van der Waals surface area contributed by atoms with E-state index in [1.54, 1.807) is 24.3 Å². The van der Waals surface area contributed by atoms with Gasteiger partial charge in [0.1, 0.15) is 11.5 Å². The van der Waals surface area contributed by atoms with Crippen LogP contribution in [0.15, 0.2) is 47.1 Å². The van der Waals surface area contributed by atoms with E-state index < -0.39 is 9.84 Å². The molecule has 3 nitrogen and oxygen atoms in total. The van der Waals surface area contributed by atoms with Gasteiger partial charge in [0, 0.05) is 0 Å². The smallest absolute Gasteiger partial charge is 0.185 e. The zero-order chi connectivity index (χ0) is 12.8. The van der Waals surface area contributed by atoms with Crippen LogP contribution in [0.1, 0.15) is 25.7 Å². The van der Waals surface area contributed by atoms with E-state index in [1.165, 1.54) is 0 Å². The van der Waals surface area contributed by atoms with E-state index in [0.29, 0.717) is 17.3 Å². The van der Waals surface area contributed by atoms with Gasteiger partial charge in [-0.2, -0.15) is 0 Å². The summed E-state index contributed by atoms with van der Waals surface area (Å²) in [6.45, 7) is 0.621. The van der Waals surface area contributed by atoms with E-state index in [0.717, 1.165) is 25.7 Å². The summed E-state index contributed by atoms with van der Waals surface area (Å²) in [5.74, 6) is 0.565. The van der Waals surface area contributed by atoms with Crippen LogP contribution in [-0.4, -0.2) is 20.8 Å². The van der Waals surface area contributed by atoms with Crippen molar-refractivity contribution in [3.05, 3.63) is 42.2 Å². The Hall–Kier alpha value is -1.29. The molecule has 18 heavy (non-hydrogen) atoms. The fourth-order valence-corrected chi connectivity index (χ4v) is 3.26. The molecule has 0 saturated carbocycles. The maximum atomic E-state index is 12.2. The van der Waals surface area contributed by atoms with E-state index in [1.807, 2.05) is 12.1 Å². The molecular formula is C14H18O3S. The molecule has 98 valence electrons. The molecule has 0 fully saturated rings. The van der Waals surface area contributed by atoms with Crippen molar-refractivity contribution in [1.82, 2.24) is 0 Å². The maximum Gasteiger partial charge on any atom is 0.185 e.